The second-order valence-corrected chi connectivity index (χ2v) is 4.70. The van der Waals surface area contributed by atoms with Crippen molar-refractivity contribution >= 4 is 11.6 Å². The van der Waals surface area contributed by atoms with Gasteiger partial charge < -0.3 is 4.74 Å². The summed E-state index contributed by atoms with van der Waals surface area (Å²) in [6.07, 6.45) is 3.69. The summed E-state index contributed by atoms with van der Waals surface area (Å²) in [5.74, 6) is -1.16. The van der Waals surface area contributed by atoms with Crippen LogP contribution in [0.25, 0.3) is 0 Å². The van der Waals surface area contributed by atoms with Gasteiger partial charge >= 0.3 is 0 Å². The molecule has 0 radical (unpaired) electrons. The second kappa shape index (κ2) is 6.13. The Morgan fingerprint density at radius 2 is 1.80 bits per heavy atom. The molecule has 1 aromatic carbocycles. The Labute approximate surface area is 120 Å². The van der Waals surface area contributed by atoms with E-state index in [0.29, 0.717) is 12.0 Å². The van der Waals surface area contributed by atoms with Gasteiger partial charge in [-0.3, -0.25) is 0 Å². The van der Waals surface area contributed by atoms with Crippen molar-refractivity contribution in [2.45, 2.75) is 19.8 Å². The molecule has 0 unspecified atom stereocenters. The third-order valence-electron chi connectivity index (χ3n) is 3.00. The Bertz CT molecular complexity index is 618. The number of halogens is 3. The highest BCUT2D eigenvalue weighted by Crippen LogP contribution is 2.27. The molecule has 0 spiro atoms. The van der Waals surface area contributed by atoms with E-state index in [1.807, 2.05) is 0 Å². The number of ether oxygens (including phenoxy) is 1. The van der Waals surface area contributed by atoms with Crippen molar-refractivity contribution < 1.29 is 13.5 Å². The maximum Gasteiger partial charge on any atom is 0.222 e. The van der Waals surface area contributed by atoms with Crippen LogP contribution in [0.1, 0.15) is 16.7 Å². The summed E-state index contributed by atoms with van der Waals surface area (Å²) in [5.41, 5.74) is 1.12. The van der Waals surface area contributed by atoms with E-state index in [1.54, 1.807) is 6.92 Å². The molecule has 0 N–H and O–H groups in total. The number of benzene rings is 1. The van der Waals surface area contributed by atoms with E-state index in [2.05, 4.69) is 9.97 Å². The van der Waals surface area contributed by atoms with Crippen LogP contribution in [0.3, 0.4) is 0 Å². The monoisotopic (exact) mass is 298 g/mol. The molecule has 0 saturated carbocycles. The highest BCUT2D eigenvalue weighted by Gasteiger charge is 2.17. The van der Waals surface area contributed by atoms with Crippen LogP contribution in [-0.4, -0.2) is 17.1 Å². The molecule has 20 heavy (non-hydrogen) atoms. The van der Waals surface area contributed by atoms with Gasteiger partial charge in [-0.1, -0.05) is 0 Å². The first-order chi connectivity index (χ1) is 9.52. The summed E-state index contributed by atoms with van der Waals surface area (Å²) in [4.78, 5) is 7.66. The maximum absolute atomic E-state index is 14.1. The van der Waals surface area contributed by atoms with Gasteiger partial charge in [-0.05, 0) is 48.6 Å². The molecule has 2 rings (SSSR count). The Hall–Kier alpha value is -1.75. The van der Waals surface area contributed by atoms with Crippen LogP contribution in [0.2, 0.25) is 5.28 Å². The lowest BCUT2D eigenvalue weighted by Gasteiger charge is -2.11. The highest BCUT2D eigenvalue weighted by atomic mass is 35.5. The van der Waals surface area contributed by atoms with Gasteiger partial charge in [0, 0.05) is 18.0 Å². The fourth-order valence-corrected chi connectivity index (χ4v) is 2.01. The summed E-state index contributed by atoms with van der Waals surface area (Å²) in [6.45, 7) is 1.58. The average Bonchev–Trinajstić information content (AvgIpc) is 2.44. The lowest BCUT2D eigenvalue weighted by atomic mass is 10.0. The number of hydrogen-bond acceptors (Lipinski definition) is 3. The highest BCUT2D eigenvalue weighted by molar-refractivity contribution is 6.28. The molecule has 0 amide bonds. The molecule has 0 aliphatic heterocycles. The number of methoxy groups -OCH3 is 1. The predicted octanol–water partition coefficient (Wildman–Crippen LogP) is 3.51. The number of nitrogens with zero attached hydrogens (tertiary/aromatic N) is 2. The van der Waals surface area contributed by atoms with Crippen molar-refractivity contribution in [1.29, 1.82) is 0 Å². The van der Waals surface area contributed by atoms with Gasteiger partial charge in [0.1, 0.15) is 5.82 Å². The van der Waals surface area contributed by atoms with E-state index < -0.39 is 11.6 Å². The van der Waals surface area contributed by atoms with Crippen molar-refractivity contribution in [3.63, 3.8) is 0 Å². The third kappa shape index (κ3) is 3.04. The van der Waals surface area contributed by atoms with Gasteiger partial charge in [-0.25, -0.2) is 18.7 Å². The number of hydrogen-bond donors (Lipinski definition) is 0. The van der Waals surface area contributed by atoms with Crippen LogP contribution < -0.4 is 4.74 Å². The molecule has 3 nitrogen and oxygen atoms in total. The van der Waals surface area contributed by atoms with Crippen molar-refractivity contribution in [3.8, 4) is 5.75 Å². The van der Waals surface area contributed by atoms with Crippen molar-refractivity contribution in [3.05, 3.63) is 52.1 Å². The Balaban J connectivity index is 2.24. The fraction of sp³-hybridized carbons (Fsp3) is 0.286. The van der Waals surface area contributed by atoms with Crippen LogP contribution in [0.15, 0.2) is 18.5 Å². The van der Waals surface area contributed by atoms with Crippen LogP contribution in [0.5, 0.6) is 5.75 Å². The summed E-state index contributed by atoms with van der Waals surface area (Å²) in [5, 5.41) is 0.142. The molecule has 1 aromatic heterocycles. The van der Waals surface area contributed by atoms with E-state index in [4.69, 9.17) is 16.3 Å². The summed E-state index contributed by atoms with van der Waals surface area (Å²) in [7, 11) is 1.35. The maximum atomic E-state index is 14.1. The molecule has 0 bridgehead atoms. The Kier molecular flexibility index (Phi) is 4.49. The molecular formula is C14H13ClF2N2O. The number of aromatic nitrogens is 2. The summed E-state index contributed by atoms with van der Waals surface area (Å²) < 4.78 is 33.0. The second-order valence-electron chi connectivity index (χ2n) is 4.36. The first kappa shape index (κ1) is 14.7. The zero-order chi connectivity index (χ0) is 14.7. The molecule has 2 aromatic rings. The van der Waals surface area contributed by atoms with E-state index in [1.165, 1.54) is 25.6 Å². The lowest BCUT2D eigenvalue weighted by molar-refractivity contribution is 0.379. The first-order valence-electron chi connectivity index (χ1n) is 6.00. The van der Waals surface area contributed by atoms with Gasteiger partial charge in [0.05, 0.1) is 7.11 Å². The van der Waals surface area contributed by atoms with E-state index in [9.17, 15) is 8.78 Å². The molecule has 0 aliphatic carbocycles. The quantitative estimate of drug-likeness (QED) is 0.810. The zero-order valence-corrected chi connectivity index (χ0v) is 11.8. The lowest BCUT2D eigenvalue weighted by Crippen LogP contribution is -2.04. The van der Waals surface area contributed by atoms with E-state index >= 15 is 0 Å². The van der Waals surface area contributed by atoms with Gasteiger partial charge in [-0.2, -0.15) is 0 Å². The van der Waals surface area contributed by atoms with Crippen LogP contribution in [0, 0.1) is 18.6 Å². The molecule has 106 valence electrons. The topological polar surface area (TPSA) is 35.0 Å². The Morgan fingerprint density at radius 3 is 2.40 bits per heavy atom. The zero-order valence-electron chi connectivity index (χ0n) is 11.1. The minimum Gasteiger partial charge on any atom is -0.494 e. The van der Waals surface area contributed by atoms with Crippen molar-refractivity contribution in [1.82, 2.24) is 9.97 Å². The third-order valence-corrected chi connectivity index (χ3v) is 3.19. The first-order valence-corrected chi connectivity index (χ1v) is 6.38. The smallest absolute Gasteiger partial charge is 0.222 e. The molecule has 1 heterocycles. The van der Waals surface area contributed by atoms with Crippen LogP contribution in [0.4, 0.5) is 8.78 Å². The molecule has 6 heteroatoms. The van der Waals surface area contributed by atoms with E-state index in [0.717, 1.165) is 5.56 Å². The normalized spacial score (nSPS) is 10.7. The average molecular weight is 299 g/mol. The summed E-state index contributed by atoms with van der Waals surface area (Å²) in [6, 6.07) is 1.35. The minimum atomic E-state index is -0.662. The van der Waals surface area contributed by atoms with E-state index in [-0.39, 0.29) is 23.0 Å². The van der Waals surface area contributed by atoms with Gasteiger partial charge in [0.15, 0.2) is 11.6 Å². The van der Waals surface area contributed by atoms with Crippen LogP contribution >= 0.6 is 11.6 Å². The molecule has 0 atom stereocenters. The molecular weight excluding hydrogens is 286 g/mol. The van der Waals surface area contributed by atoms with Crippen LogP contribution in [-0.2, 0) is 12.8 Å². The predicted molar refractivity (Wildman–Crippen MR) is 72.1 cm³/mol. The molecule has 0 saturated heterocycles. The molecule has 0 aliphatic rings. The summed E-state index contributed by atoms with van der Waals surface area (Å²) >= 11 is 5.58. The largest absolute Gasteiger partial charge is 0.494 e. The number of rotatable bonds is 4. The van der Waals surface area contributed by atoms with Gasteiger partial charge in [0.2, 0.25) is 5.28 Å². The fourth-order valence-electron chi connectivity index (χ4n) is 1.91. The minimum absolute atomic E-state index is 0.0109. The Morgan fingerprint density at radius 1 is 1.15 bits per heavy atom. The standard InChI is InChI=1S/C14H13ClF2N2O/c1-8-5-11(20-2)13(17)10(12(8)16)4-3-9-6-18-14(15)19-7-9/h5-7H,3-4H2,1-2H3. The van der Waals surface area contributed by atoms with Gasteiger partial charge in [0.25, 0.3) is 0 Å². The molecule has 0 fully saturated rings. The van der Waals surface area contributed by atoms with Gasteiger partial charge in [-0.15, -0.1) is 0 Å². The SMILES string of the molecule is COc1cc(C)c(F)c(CCc2cnc(Cl)nc2)c1F. The number of aryl methyl sites for hydroxylation is 2. The van der Waals surface area contributed by atoms with Crippen molar-refractivity contribution in [2.24, 2.45) is 0 Å². The van der Waals surface area contributed by atoms with Crippen molar-refractivity contribution in [2.75, 3.05) is 7.11 Å².